The van der Waals surface area contributed by atoms with Gasteiger partial charge in [-0.25, -0.2) is 0 Å². The summed E-state index contributed by atoms with van der Waals surface area (Å²) in [7, 11) is 0. The number of carbonyl (C=O) groups is 1. The van der Waals surface area contributed by atoms with E-state index in [-0.39, 0.29) is 17.9 Å². The van der Waals surface area contributed by atoms with Gasteiger partial charge in [0.15, 0.2) is 0 Å². The summed E-state index contributed by atoms with van der Waals surface area (Å²) in [5.74, 6) is 0.212. The second-order valence-corrected chi connectivity index (χ2v) is 4.76. The molecule has 0 fully saturated rings. The zero-order chi connectivity index (χ0) is 12.8. The van der Waals surface area contributed by atoms with Gasteiger partial charge in [-0.3, -0.25) is 4.79 Å². The van der Waals surface area contributed by atoms with Gasteiger partial charge >= 0.3 is 0 Å². The second kappa shape index (κ2) is 6.62. The van der Waals surface area contributed by atoms with Crippen LogP contribution in [0.3, 0.4) is 0 Å². The second-order valence-electron chi connectivity index (χ2n) is 4.36. The zero-order valence-corrected chi connectivity index (χ0v) is 11.0. The Kier molecular flexibility index (Phi) is 5.45. The molecule has 1 aromatic rings. The molecule has 0 aliphatic rings. The standard InChI is InChI=1S/C13H19ClN2O/c1-9(8-15)7-13(17)16-10(2)11-5-3-4-6-12(11)14/h3-6,9-10H,7-8,15H2,1-2H3,(H,16,17)/t9?,10-/m1/s1. The highest BCUT2D eigenvalue weighted by molar-refractivity contribution is 6.31. The average molecular weight is 255 g/mol. The van der Waals surface area contributed by atoms with Gasteiger partial charge in [0, 0.05) is 11.4 Å². The fourth-order valence-electron chi connectivity index (χ4n) is 1.60. The van der Waals surface area contributed by atoms with E-state index >= 15 is 0 Å². The lowest BCUT2D eigenvalue weighted by atomic mass is 10.1. The van der Waals surface area contributed by atoms with E-state index in [0.29, 0.717) is 18.0 Å². The summed E-state index contributed by atoms with van der Waals surface area (Å²) in [6, 6.07) is 7.44. The van der Waals surface area contributed by atoms with Crippen molar-refractivity contribution in [3.05, 3.63) is 34.9 Å². The minimum atomic E-state index is -0.0822. The molecule has 17 heavy (non-hydrogen) atoms. The molecule has 4 heteroatoms. The molecule has 94 valence electrons. The van der Waals surface area contributed by atoms with Crippen LogP contribution in [-0.4, -0.2) is 12.5 Å². The molecule has 1 amide bonds. The quantitative estimate of drug-likeness (QED) is 0.848. The molecule has 0 aliphatic carbocycles. The molecule has 1 unspecified atom stereocenters. The molecule has 3 nitrogen and oxygen atoms in total. The van der Waals surface area contributed by atoms with E-state index in [1.807, 2.05) is 38.1 Å². The third kappa shape index (κ3) is 4.36. The molecular formula is C13H19ClN2O. The van der Waals surface area contributed by atoms with Crippen LogP contribution in [0.25, 0.3) is 0 Å². The number of amides is 1. The van der Waals surface area contributed by atoms with Crippen molar-refractivity contribution in [3.8, 4) is 0 Å². The summed E-state index contributed by atoms with van der Waals surface area (Å²) in [6.07, 6.45) is 0.450. The highest BCUT2D eigenvalue weighted by Crippen LogP contribution is 2.22. The third-order valence-corrected chi connectivity index (χ3v) is 3.03. The van der Waals surface area contributed by atoms with Crippen molar-refractivity contribution in [2.24, 2.45) is 11.7 Å². The molecule has 0 saturated carbocycles. The number of hydrogen-bond donors (Lipinski definition) is 2. The van der Waals surface area contributed by atoms with E-state index in [1.54, 1.807) is 0 Å². The molecule has 0 radical (unpaired) electrons. The molecule has 2 atom stereocenters. The van der Waals surface area contributed by atoms with Crippen LogP contribution in [0.5, 0.6) is 0 Å². The summed E-state index contributed by atoms with van der Waals surface area (Å²) < 4.78 is 0. The van der Waals surface area contributed by atoms with Crippen molar-refractivity contribution in [2.75, 3.05) is 6.54 Å². The Morgan fingerprint density at radius 3 is 2.65 bits per heavy atom. The van der Waals surface area contributed by atoms with Crippen LogP contribution in [0.2, 0.25) is 5.02 Å². The summed E-state index contributed by atoms with van der Waals surface area (Å²) in [5.41, 5.74) is 6.42. The highest BCUT2D eigenvalue weighted by Gasteiger charge is 2.13. The van der Waals surface area contributed by atoms with Crippen molar-refractivity contribution in [1.29, 1.82) is 0 Å². The Labute approximate surface area is 107 Å². The van der Waals surface area contributed by atoms with Gasteiger partial charge in [-0.1, -0.05) is 36.7 Å². The number of rotatable bonds is 5. The van der Waals surface area contributed by atoms with Crippen LogP contribution in [0.15, 0.2) is 24.3 Å². The van der Waals surface area contributed by atoms with Crippen molar-refractivity contribution < 1.29 is 4.79 Å². The normalized spacial score (nSPS) is 14.1. The van der Waals surface area contributed by atoms with E-state index in [9.17, 15) is 4.79 Å². The smallest absolute Gasteiger partial charge is 0.220 e. The van der Waals surface area contributed by atoms with E-state index in [0.717, 1.165) is 5.56 Å². The minimum absolute atomic E-state index is 0.00960. The summed E-state index contributed by atoms with van der Waals surface area (Å²) in [5, 5.41) is 3.60. The van der Waals surface area contributed by atoms with Crippen LogP contribution in [-0.2, 0) is 4.79 Å². The predicted molar refractivity (Wildman–Crippen MR) is 70.8 cm³/mol. The molecule has 1 rings (SSSR count). The van der Waals surface area contributed by atoms with E-state index in [4.69, 9.17) is 17.3 Å². The van der Waals surface area contributed by atoms with Crippen LogP contribution < -0.4 is 11.1 Å². The SMILES string of the molecule is CC(CN)CC(=O)N[C@H](C)c1ccccc1Cl. The maximum atomic E-state index is 11.7. The number of hydrogen-bond acceptors (Lipinski definition) is 2. The third-order valence-electron chi connectivity index (χ3n) is 2.69. The van der Waals surface area contributed by atoms with E-state index in [2.05, 4.69) is 5.32 Å². The van der Waals surface area contributed by atoms with Crippen molar-refractivity contribution in [3.63, 3.8) is 0 Å². The molecule has 0 saturated heterocycles. The van der Waals surface area contributed by atoms with Crippen molar-refractivity contribution in [2.45, 2.75) is 26.3 Å². The van der Waals surface area contributed by atoms with Crippen LogP contribution in [0, 0.1) is 5.92 Å². The highest BCUT2D eigenvalue weighted by atomic mass is 35.5. The van der Waals surface area contributed by atoms with Crippen molar-refractivity contribution in [1.82, 2.24) is 5.32 Å². The molecule has 1 aromatic carbocycles. The fourth-order valence-corrected chi connectivity index (χ4v) is 1.90. The lowest BCUT2D eigenvalue weighted by Gasteiger charge is -2.17. The predicted octanol–water partition coefficient (Wildman–Crippen LogP) is 2.50. The first-order valence-corrected chi connectivity index (χ1v) is 6.16. The summed E-state index contributed by atoms with van der Waals surface area (Å²) in [4.78, 5) is 11.7. The number of nitrogens with one attached hydrogen (secondary N) is 1. The topological polar surface area (TPSA) is 55.1 Å². The molecule has 0 spiro atoms. The van der Waals surface area contributed by atoms with Crippen LogP contribution in [0.1, 0.15) is 31.9 Å². The first kappa shape index (κ1) is 14.0. The van der Waals surface area contributed by atoms with Gasteiger partial charge in [0.2, 0.25) is 5.91 Å². The molecule has 0 aromatic heterocycles. The average Bonchev–Trinajstić information content (AvgIpc) is 2.29. The Hall–Kier alpha value is -1.06. The Bertz CT molecular complexity index is 381. The minimum Gasteiger partial charge on any atom is -0.350 e. The lowest BCUT2D eigenvalue weighted by Crippen LogP contribution is -2.29. The Morgan fingerprint density at radius 1 is 1.41 bits per heavy atom. The fraction of sp³-hybridized carbons (Fsp3) is 0.462. The molecule has 0 aliphatic heterocycles. The van der Waals surface area contributed by atoms with E-state index < -0.39 is 0 Å². The zero-order valence-electron chi connectivity index (χ0n) is 10.2. The monoisotopic (exact) mass is 254 g/mol. The molecule has 3 N–H and O–H groups in total. The van der Waals surface area contributed by atoms with Gasteiger partial charge in [-0.15, -0.1) is 0 Å². The van der Waals surface area contributed by atoms with Crippen LogP contribution >= 0.6 is 11.6 Å². The first-order valence-electron chi connectivity index (χ1n) is 5.78. The Morgan fingerprint density at radius 2 is 2.06 bits per heavy atom. The van der Waals surface area contributed by atoms with Gasteiger partial charge < -0.3 is 11.1 Å². The Balaban J connectivity index is 2.58. The van der Waals surface area contributed by atoms with Crippen molar-refractivity contribution >= 4 is 17.5 Å². The number of halogens is 1. The number of benzene rings is 1. The van der Waals surface area contributed by atoms with Gasteiger partial charge in [-0.2, -0.15) is 0 Å². The maximum absolute atomic E-state index is 11.7. The van der Waals surface area contributed by atoms with Gasteiger partial charge in [0.05, 0.1) is 6.04 Å². The molecule has 0 bridgehead atoms. The largest absolute Gasteiger partial charge is 0.350 e. The summed E-state index contributed by atoms with van der Waals surface area (Å²) in [6.45, 7) is 4.40. The van der Waals surface area contributed by atoms with Gasteiger partial charge in [0.25, 0.3) is 0 Å². The first-order chi connectivity index (χ1) is 8.04. The van der Waals surface area contributed by atoms with E-state index in [1.165, 1.54) is 0 Å². The number of nitrogens with two attached hydrogens (primary N) is 1. The maximum Gasteiger partial charge on any atom is 0.220 e. The van der Waals surface area contributed by atoms with Gasteiger partial charge in [0.1, 0.15) is 0 Å². The number of carbonyl (C=O) groups excluding carboxylic acids is 1. The van der Waals surface area contributed by atoms with Crippen LogP contribution in [0.4, 0.5) is 0 Å². The van der Waals surface area contributed by atoms with Gasteiger partial charge in [-0.05, 0) is 31.0 Å². The molecule has 0 heterocycles. The molecular weight excluding hydrogens is 236 g/mol. The summed E-state index contributed by atoms with van der Waals surface area (Å²) >= 11 is 6.06. The lowest BCUT2D eigenvalue weighted by molar-refractivity contribution is -0.122.